The SMILES string of the molecule is O=c1cc(Cn2cc(COc3ccc(CO)cc3)nn2)occ1O. The van der Waals surface area contributed by atoms with Gasteiger partial charge in [-0.2, -0.15) is 0 Å². The lowest BCUT2D eigenvalue weighted by molar-refractivity contribution is 0.280. The molecule has 1 aromatic carbocycles. The monoisotopic (exact) mass is 329 g/mol. The van der Waals surface area contributed by atoms with Crippen molar-refractivity contribution in [3.63, 3.8) is 0 Å². The summed E-state index contributed by atoms with van der Waals surface area (Å²) in [6.07, 6.45) is 2.67. The molecule has 0 unspecified atom stereocenters. The van der Waals surface area contributed by atoms with Crippen LogP contribution in [-0.4, -0.2) is 25.2 Å². The lowest BCUT2D eigenvalue weighted by Crippen LogP contribution is -2.05. The average molecular weight is 329 g/mol. The third-order valence-corrected chi connectivity index (χ3v) is 3.26. The minimum Gasteiger partial charge on any atom is -0.502 e. The number of ether oxygens (including phenoxy) is 1. The van der Waals surface area contributed by atoms with Gasteiger partial charge >= 0.3 is 0 Å². The number of hydrogen-bond donors (Lipinski definition) is 2. The van der Waals surface area contributed by atoms with Crippen LogP contribution in [0, 0.1) is 0 Å². The van der Waals surface area contributed by atoms with Crippen molar-refractivity contribution < 1.29 is 19.4 Å². The molecular formula is C16H15N3O5. The average Bonchev–Trinajstić information content (AvgIpc) is 3.04. The fourth-order valence-electron chi connectivity index (χ4n) is 2.02. The summed E-state index contributed by atoms with van der Waals surface area (Å²) >= 11 is 0. The highest BCUT2D eigenvalue weighted by molar-refractivity contribution is 5.26. The summed E-state index contributed by atoms with van der Waals surface area (Å²) in [5.74, 6) is 0.583. The molecule has 3 rings (SSSR count). The molecule has 0 radical (unpaired) electrons. The maximum atomic E-state index is 11.3. The molecule has 124 valence electrons. The summed E-state index contributed by atoms with van der Waals surface area (Å²) < 4.78 is 12.2. The lowest BCUT2D eigenvalue weighted by Gasteiger charge is -2.04. The molecule has 0 aliphatic carbocycles. The van der Waals surface area contributed by atoms with Gasteiger partial charge < -0.3 is 19.4 Å². The molecule has 0 saturated carbocycles. The lowest BCUT2D eigenvalue weighted by atomic mass is 10.2. The predicted molar refractivity (Wildman–Crippen MR) is 82.5 cm³/mol. The van der Waals surface area contributed by atoms with Gasteiger partial charge in [-0.3, -0.25) is 4.79 Å². The van der Waals surface area contributed by atoms with Crippen LogP contribution in [0.25, 0.3) is 0 Å². The standard InChI is InChI=1S/C16H15N3O5/c20-8-11-1-3-13(4-2-11)23-9-12-6-19(18-17-12)7-14-5-15(21)16(22)10-24-14/h1-6,10,20,22H,7-9H2. The number of rotatable bonds is 6. The first-order valence-electron chi connectivity index (χ1n) is 7.16. The normalized spacial score (nSPS) is 10.7. The van der Waals surface area contributed by atoms with Gasteiger partial charge in [-0.1, -0.05) is 17.3 Å². The highest BCUT2D eigenvalue weighted by Crippen LogP contribution is 2.13. The van der Waals surface area contributed by atoms with Crippen LogP contribution in [0.1, 0.15) is 17.0 Å². The molecule has 0 aliphatic heterocycles. The summed E-state index contributed by atoms with van der Waals surface area (Å²) in [6.45, 7) is 0.438. The Balaban J connectivity index is 1.60. The van der Waals surface area contributed by atoms with E-state index >= 15 is 0 Å². The van der Waals surface area contributed by atoms with E-state index in [1.54, 1.807) is 30.5 Å². The summed E-state index contributed by atoms with van der Waals surface area (Å²) in [4.78, 5) is 11.3. The van der Waals surface area contributed by atoms with Crippen LogP contribution in [0.2, 0.25) is 0 Å². The van der Waals surface area contributed by atoms with E-state index in [4.69, 9.17) is 19.4 Å². The van der Waals surface area contributed by atoms with E-state index in [1.165, 1.54) is 10.7 Å². The second-order valence-electron chi connectivity index (χ2n) is 5.09. The van der Waals surface area contributed by atoms with Gasteiger partial charge in [-0.25, -0.2) is 4.68 Å². The zero-order valence-electron chi connectivity index (χ0n) is 12.6. The van der Waals surface area contributed by atoms with E-state index in [-0.39, 0.29) is 19.8 Å². The topological polar surface area (TPSA) is 111 Å². The maximum Gasteiger partial charge on any atom is 0.226 e. The van der Waals surface area contributed by atoms with Crippen LogP contribution in [0.15, 0.2) is 52.0 Å². The van der Waals surface area contributed by atoms with E-state index in [0.717, 1.165) is 11.8 Å². The van der Waals surface area contributed by atoms with E-state index in [1.807, 2.05) is 0 Å². The highest BCUT2D eigenvalue weighted by atomic mass is 16.5. The molecule has 0 aliphatic rings. The Hall–Kier alpha value is -3.13. The first-order valence-corrected chi connectivity index (χ1v) is 7.16. The van der Waals surface area contributed by atoms with Gasteiger partial charge in [0.25, 0.3) is 0 Å². The van der Waals surface area contributed by atoms with Crippen LogP contribution < -0.4 is 10.2 Å². The van der Waals surface area contributed by atoms with Crippen molar-refractivity contribution in [2.24, 2.45) is 0 Å². The third kappa shape index (κ3) is 3.79. The zero-order chi connectivity index (χ0) is 16.9. The molecule has 2 N–H and O–H groups in total. The van der Waals surface area contributed by atoms with Crippen molar-refractivity contribution in [1.82, 2.24) is 15.0 Å². The van der Waals surface area contributed by atoms with Crippen LogP contribution in [-0.2, 0) is 19.8 Å². The Labute approximate surface area is 136 Å². The summed E-state index contributed by atoms with van der Waals surface area (Å²) in [6, 6.07) is 8.29. The van der Waals surface area contributed by atoms with E-state index in [9.17, 15) is 4.79 Å². The molecule has 0 saturated heterocycles. The van der Waals surface area contributed by atoms with Crippen molar-refractivity contribution in [3.05, 3.63) is 70.0 Å². The molecule has 2 aromatic heterocycles. The summed E-state index contributed by atoms with van der Waals surface area (Å²) in [7, 11) is 0. The Morgan fingerprint density at radius 3 is 2.75 bits per heavy atom. The number of aliphatic hydroxyl groups is 1. The number of hydrogen-bond acceptors (Lipinski definition) is 7. The molecule has 0 spiro atoms. The summed E-state index contributed by atoms with van der Waals surface area (Å²) in [5, 5.41) is 26.1. The van der Waals surface area contributed by atoms with Crippen LogP contribution >= 0.6 is 0 Å². The minimum atomic E-state index is -0.508. The minimum absolute atomic E-state index is 0.0119. The molecule has 0 fully saturated rings. The van der Waals surface area contributed by atoms with Gasteiger partial charge in [0.2, 0.25) is 5.43 Å². The fourth-order valence-corrected chi connectivity index (χ4v) is 2.02. The summed E-state index contributed by atoms with van der Waals surface area (Å²) in [5.41, 5.74) is 0.914. The van der Waals surface area contributed by atoms with Gasteiger partial charge in [-0.05, 0) is 17.7 Å². The van der Waals surface area contributed by atoms with Crippen molar-refractivity contribution in [2.45, 2.75) is 19.8 Å². The first-order chi connectivity index (χ1) is 11.6. The molecule has 8 nitrogen and oxygen atoms in total. The Kier molecular flexibility index (Phi) is 4.57. The van der Waals surface area contributed by atoms with Crippen molar-refractivity contribution in [1.29, 1.82) is 0 Å². The number of aromatic nitrogens is 3. The van der Waals surface area contributed by atoms with Crippen molar-refractivity contribution in [3.8, 4) is 11.5 Å². The predicted octanol–water partition coefficient (Wildman–Crippen LogP) is 1.06. The number of nitrogens with zero attached hydrogens (tertiary/aromatic N) is 3. The van der Waals surface area contributed by atoms with Crippen molar-refractivity contribution in [2.75, 3.05) is 0 Å². The molecule has 3 aromatic rings. The van der Waals surface area contributed by atoms with E-state index in [0.29, 0.717) is 17.2 Å². The quantitative estimate of drug-likeness (QED) is 0.695. The molecular weight excluding hydrogens is 314 g/mol. The second-order valence-corrected chi connectivity index (χ2v) is 5.09. The molecule has 0 amide bonds. The number of aliphatic hydroxyl groups excluding tert-OH is 1. The van der Waals surface area contributed by atoms with Crippen LogP contribution in [0.5, 0.6) is 11.5 Å². The Morgan fingerprint density at radius 1 is 1.25 bits per heavy atom. The van der Waals surface area contributed by atoms with E-state index in [2.05, 4.69) is 10.3 Å². The molecule has 8 heteroatoms. The highest BCUT2D eigenvalue weighted by Gasteiger charge is 2.06. The maximum absolute atomic E-state index is 11.3. The first kappa shape index (κ1) is 15.8. The van der Waals surface area contributed by atoms with Crippen molar-refractivity contribution >= 4 is 0 Å². The van der Waals surface area contributed by atoms with Gasteiger partial charge in [0.1, 0.15) is 36.6 Å². The molecule has 0 bridgehead atoms. The van der Waals surface area contributed by atoms with Gasteiger partial charge in [0.05, 0.1) is 12.8 Å². The van der Waals surface area contributed by atoms with E-state index < -0.39 is 11.2 Å². The molecule has 0 atom stereocenters. The molecule has 2 heterocycles. The van der Waals surface area contributed by atoms with Crippen LogP contribution in [0.4, 0.5) is 0 Å². The van der Waals surface area contributed by atoms with Crippen LogP contribution in [0.3, 0.4) is 0 Å². The zero-order valence-corrected chi connectivity index (χ0v) is 12.6. The Bertz CT molecular complexity index is 870. The molecule has 24 heavy (non-hydrogen) atoms. The Morgan fingerprint density at radius 2 is 2.04 bits per heavy atom. The fraction of sp³-hybridized carbons (Fsp3) is 0.188. The van der Waals surface area contributed by atoms with Gasteiger partial charge in [-0.15, -0.1) is 5.10 Å². The largest absolute Gasteiger partial charge is 0.502 e. The van der Waals surface area contributed by atoms with Gasteiger partial charge in [0, 0.05) is 6.07 Å². The smallest absolute Gasteiger partial charge is 0.226 e. The second kappa shape index (κ2) is 6.97. The number of aromatic hydroxyl groups is 1. The number of benzene rings is 1. The van der Waals surface area contributed by atoms with Gasteiger partial charge in [0.15, 0.2) is 5.75 Å². The third-order valence-electron chi connectivity index (χ3n) is 3.26.